The van der Waals surface area contributed by atoms with Gasteiger partial charge in [-0.3, -0.25) is 0 Å². The zero-order chi connectivity index (χ0) is 71.0. The molecule has 562 valence electrons. The van der Waals surface area contributed by atoms with Crippen LogP contribution in [0.1, 0.15) is 5.56 Å². The molecule has 0 unspecified atom stereocenters. The first-order chi connectivity index (χ1) is 46.7. The van der Waals surface area contributed by atoms with Gasteiger partial charge in [0.15, 0.2) is 50.3 Å². The van der Waals surface area contributed by atoms with Gasteiger partial charge in [0.2, 0.25) is 0 Å². The molecule has 1 aromatic carbocycles. The van der Waals surface area contributed by atoms with E-state index in [0.717, 1.165) is 11.8 Å². The predicted octanol–water partition coefficient (Wildman–Crippen LogP) is -19.3. The van der Waals surface area contributed by atoms with E-state index in [1.807, 2.05) is 0 Å². The summed E-state index contributed by atoms with van der Waals surface area (Å²) in [6, 6.07) is 5.94. The van der Waals surface area contributed by atoms with Gasteiger partial charge in [-0.2, -0.15) is 0 Å². The Hall–Kier alpha value is -1.52. The number of rotatable bonds is 12. The standard InChI is InChI=1S/C56H86O41S.Na/c57-6-16-41-25(66)33(74)49(82-16)91-42-17(7-58)84-51(35(76)27(42)68)93-44-19(9-60)86-53(37(78)29(44)70)95-46-21(11-62)88-55(39(80)31(46)72)97-48-23(13-98-15-3-1-14(2-4-15)5-24(64)65)89-56(40(81)32(48)73)96-47-22(12-63)87-54(38(79)30(47)71)94-45-20(10-61)85-52(36(77)28(45)69)92-43-18(8-59)83-50(90-41)34(75)26(43)67;/h1-4,16-23,25-63,66-81H,5-13H2,(H,64,65);/q;+1/p-1/t16-,17-,18+,19-,20+,21-,22+,23-,25-,26-,27-,28-,29-,30-,31-,32-,33-,34-,35+,36-,37-,38-,39+,40-,41-,42-,43-,44-,45-,46-,47-,48-,49-,50-,51-,52-,53-,54-,55-,56-;/m1./s1. The molecule has 0 saturated carbocycles. The minimum absolute atomic E-state index is 0. The van der Waals surface area contributed by atoms with Crippen molar-refractivity contribution < 1.29 is 233 Å². The van der Waals surface area contributed by atoms with Crippen molar-refractivity contribution in [2.75, 3.05) is 52.0 Å². The number of aliphatic hydroxyl groups is 23. The van der Waals surface area contributed by atoms with Crippen molar-refractivity contribution in [3.8, 4) is 0 Å². The topological polar surface area (TPSA) is 653 Å². The Balaban J connectivity index is 0.0000114. The maximum absolute atomic E-state index is 11.9. The number of hydrogen-bond acceptors (Lipinski definition) is 42. The van der Waals surface area contributed by atoms with E-state index in [2.05, 4.69) is 0 Å². The van der Waals surface area contributed by atoms with Gasteiger partial charge >= 0.3 is 29.6 Å². The number of aliphatic hydroxyl groups excluding tert-OH is 23. The SMILES string of the molecule is O=C([O-])Cc1ccc(SC[C@H]2O[C@@H]3O[C@H]4[C@H](O)[C@@H](O)[C@@H](O[C@H]5[C@H](O)[C@@H](O)[C@@H](O[C@H]6[C@H](O)[C@@H](O)[C@@H](O[C@H]7[C@H](O)[C@@H](O)[C@@H](O[C@H]8[C@H](O)[C@H](O)[C@@H](O[C@H]9[C@H](O)[C@@H](O)[C@@H](O[C@H]%10[C@H](O)[C@H](O)[C@@H](O[C@H]2[C@H](O)[C@H]3O)O[C@@H]%10CO)O[C@@H]9CO)O[C@@H]8CO)O[C@@H]7CO)O[C@H]6CO)O[C@H]5CO)O[C@H]4CO)cc1.[Na+]. The van der Waals surface area contributed by atoms with Crippen molar-refractivity contribution in [1.82, 2.24) is 0 Å². The first kappa shape index (κ1) is 81.6. The molecule has 41 nitrogen and oxygen atoms in total. The number of benzene rings is 1. The van der Waals surface area contributed by atoms with Crippen molar-refractivity contribution in [2.45, 2.75) is 257 Å². The molecule has 0 radical (unpaired) electrons. The number of ether oxygens (including phenoxy) is 16. The maximum Gasteiger partial charge on any atom is 1.00 e. The van der Waals surface area contributed by atoms with Crippen LogP contribution < -0.4 is 34.7 Å². The van der Waals surface area contributed by atoms with Crippen LogP contribution in [0.2, 0.25) is 0 Å². The molecular weight excluding hydrogens is 1380 g/mol. The summed E-state index contributed by atoms with van der Waals surface area (Å²) in [5.41, 5.74) is 0.350. The van der Waals surface area contributed by atoms with Gasteiger partial charge in [-0.25, -0.2) is 0 Å². The van der Waals surface area contributed by atoms with Gasteiger partial charge in [0.05, 0.1) is 52.4 Å². The normalized spacial score (nSPS) is 50.3. The van der Waals surface area contributed by atoms with Crippen LogP contribution in [-0.2, 0) is 87.0 Å². The smallest absolute Gasteiger partial charge is 0.550 e. The van der Waals surface area contributed by atoms with Gasteiger partial charge in [0.25, 0.3) is 0 Å². The van der Waals surface area contributed by atoms with Crippen LogP contribution in [-0.4, -0.2) is 421 Å². The Morgan fingerprint density at radius 1 is 0.283 bits per heavy atom. The van der Waals surface area contributed by atoms with Gasteiger partial charge < -0.3 is 203 Å². The quantitative estimate of drug-likeness (QED) is 0.0682. The van der Waals surface area contributed by atoms with Crippen LogP contribution in [0.5, 0.6) is 0 Å². The second kappa shape index (κ2) is 35.5. The van der Waals surface area contributed by atoms with Gasteiger partial charge in [0, 0.05) is 23.0 Å². The summed E-state index contributed by atoms with van der Waals surface area (Å²) in [4.78, 5) is 11.7. The third-order valence-electron chi connectivity index (χ3n) is 18.4. The number of carbonyl (C=O) groups is 1. The molecule has 0 aliphatic carbocycles. The molecule has 30 aliphatic rings. The fourth-order valence-corrected chi connectivity index (χ4v) is 13.9. The summed E-state index contributed by atoms with van der Waals surface area (Å²) in [6.45, 7) is -7.63. The van der Waals surface area contributed by atoms with E-state index in [-0.39, 0.29) is 35.3 Å². The summed E-state index contributed by atoms with van der Waals surface area (Å²) in [7, 11) is 0. The first-order valence-corrected chi connectivity index (χ1v) is 32.2. The van der Waals surface area contributed by atoms with E-state index < -0.39 is 304 Å². The Bertz CT molecular complexity index is 2640. The minimum Gasteiger partial charge on any atom is -0.550 e. The summed E-state index contributed by atoms with van der Waals surface area (Å²) >= 11 is 0.984. The van der Waals surface area contributed by atoms with Crippen LogP contribution in [0, 0.1) is 0 Å². The second-order valence-corrected chi connectivity index (χ2v) is 25.9. The first-order valence-electron chi connectivity index (χ1n) is 31.2. The van der Waals surface area contributed by atoms with E-state index in [0.29, 0.717) is 10.5 Å². The molecule has 16 bridgehead atoms. The molecule has 30 heterocycles. The minimum atomic E-state index is -2.27. The number of thioether (sulfide) groups is 1. The molecule has 23 N–H and O–H groups in total. The van der Waals surface area contributed by atoms with Gasteiger partial charge in [-0.15, -0.1) is 11.8 Å². The Kier molecular flexibility index (Phi) is 29.2. The predicted molar refractivity (Wildman–Crippen MR) is 300 cm³/mol. The van der Waals surface area contributed by atoms with Crippen molar-refractivity contribution in [1.29, 1.82) is 0 Å². The molecule has 43 heteroatoms. The Morgan fingerprint density at radius 3 is 0.626 bits per heavy atom. The number of carboxylic acids is 1. The average molecular weight is 1470 g/mol. The summed E-state index contributed by atoms with van der Waals surface area (Å²) < 4.78 is 92.9. The molecular formula is C56H85NaO41S. The van der Waals surface area contributed by atoms with Crippen molar-refractivity contribution >= 4 is 17.7 Å². The average Bonchev–Trinajstić information content (AvgIpc) is 0.794. The molecule has 31 rings (SSSR count). The third kappa shape index (κ3) is 17.2. The molecule has 0 aromatic heterocycles. The summed E-state index contributed by atoms with van der Waals surface area (Å²) in [5.74, 6) is -1.67. The zero-order valence-corrected chi connectivity index (χ0v) is 55.1. The van der Waals surface area contributed by atoms with E-state index in [1.165, 1.54) is 24.3 Å². The van der Waals surface area contributed by atoms with Crippen LogP contribution in [0.3, 0.4) is 0 Å². The summed E-state index contributed by atoms with van der Waals surface area (Å²) in [5, 5.41) is 270. The van der Waals surface area contributed by atoms with E-state index in [4.69, 9.17) is 75.8 Å². The van der Waals surface area contributed by atoms with Crippen LogP contribution in [0.25, 0.3) is 0 Å². The molecule has 30 saturated heterocycles. The molecule has 30 aliphatic heterocycles. The van der Waals surface area contributed by atoms with Gasteiger partial charge in [-0.05, 0) is 17.7 Å². The van der Waals surface area contributed by atoms with E-state index in [1.54, 1.807) is 0 Å². The fourth-order valence-electron chi connectivity index (χ4n) is 12.9. The maximum atomic E-state index is 11.9. The molecule has 0 amide bonds. The molecule has 30 fully saturated rings. The Labute approximate surface area is 586 Å². The zero-order valence-electron chi connectivity index (χ0n) is 52.3. The number of hydrogen-bond donors (Lipinski definition) is 23. The molecule has 40 atom stereocenters. The third-order valence-corrected chi connectivity index (χ3v) is 19.5. The van der Waals surface area contributed by atoms with Crippen molar-refractivity contribution in [3.05, 3.63) is 29.8 Å². The molecule has 1 aromatic rings. The largest absolute Gasteiger partial charge is 1.00 e. The second-order valence-electron chi connectivity index (χ2n) is 24.8. The number of aliphatic carboxylic acids is 1. The number of carboxylic acid groups (broad SMARTS) is 1. The van der Waals surface area contributed by atoms with Crippen LogP contribution in [0.4, 0.5) is 0 Å². The molecule has 99 heavy (non-hydrogen) atoms. The van der Waals surface area contributed by atoms with E-state index in [9.17, 15) is 127 Å². The van der Waals surface area contributed by atoms with Crippen molar-refractivity contribution in [2.24, 2.45) is 0 Å². The van der Waals surface area contributed by atoms with Crippen LogP contribution in [0.15, 0.2) is 29.2 Å². The van der Waals surface area contributed by atoms with E-state index >= 15 is 0 Å². The van der Waals surface area contributed by atoms with Crippen LogP contribution >= 0.6 is 11.8 Å². The molecule has 0 spiro atoms. The van der Waals surface area contributed by atoms with Gasteiger partial charge in [0.1, 0.15) is 189 Å². The monoisotopic (exact) mass is 1470 g/mol. The fraction of sp³-hybridized carbons (Fsp3) is 0.875. The van der Waals surface area contributed by atoms with Gasteiger partial charge in [-0.1, -0.05) is 12.1 Å². The van der Waals surface area contributed by atoms with Crippen molar-refractivity contribution in [3.63, 3.8) is 0 Å². The Morgan fingerprint density at radius 2 is 0.455 bits per heavy atom. The summed E-state index contributed by atoms with van der Waals surface area (Å²) in [6.07, 6.45) is -82.6. The number of carbonyl (C=O) groups excluding carboxylic acids is 1.